The summed E-state index contributed by atoms with van der Waals surface area (Å²) >= 11 is 11.4. The van der Waals surface area contributed by atoms with Crippen molar-refractivity contribution >= 4 is 38.9 Å². The average molecular weight is 282 g/mol. The standard InChI is InChI=1S/C9H10BrClOS/c10-8(7-2-1-4-12-7)9-6(11)3-5-13-9/h3,5,7-8H,1-2,4H2. The van der Waals surface area contributed by atoms with Crippen LogP contribution >= 0.6 is 38.9 Å². The van der Waals surface area contributed by atoms with Gasteiger partial charge in [0.1, 0.15) is 0 Å². The van der Waals surface area contributed by atoms with Crippen molar-refractivity contribution in [1.29, 1.82) is 0 Å². The van der Waals surface area contributed by atoms with Gasteiger partial charge in [-0.3, -0.25) is 0 Å². The molecule has 0 amide bonds. The van der Waals surface area contributed by atoms with Crippen molar-refractivity contribution in [2.45, 2.75) is 23.8 Å². The summed E-state index contributed by atoms with van der Waals surface area (Å²) in [5.41, 5.74) is 0. The third-order valence-corrected chi connectivity index (χ3v) is 4.98. The number of alkyl halides is 1. The SMILES string of the molecule is Clc1ccsc1C(Br)C1CCCO1. The highest BCUT2D eigenvalue weighted by molar-refractivity contribution is 9.09. The molecule has 0 N–H and O–H groups in total. The van der Waals surface area contributed by atoms with E-state index in [0.29, 0.717) is 6.10 Å². The molecular formula is C9H10BrClOS. The van der Waals surface area contributed by atoms with Crippen molar-refractivity contribution in [3.05, 3.63) is 21.3 Å². The lowest BCUT2D eigenvalue weighted by molar-refractivity contribution is 0.111. The number of thiophene rings is 1. The molecule has 1 aromatic rings. The second-order valence-corrected chi connectivity index (χ2v) is 5.43. The van der Waals surface area contributed by atoms with Crippen LogP contribution in [0.1, 0.15) is 22.5 Å². The zero-order chi connectivity index (χ0) is 9.26. The van der Waals surface area contributed by atoms with E-state index < -0.39 is 0 Å². The first-order valence-corrected chi connectivity index (χ1v) is 6.45. The second kappa shape index (κ2) is 4.30. The number of halogens is 2. The van der Waals surface area contributed by atoms with Gasteiger partial charge >= 0.3 is 0 Å². The highest BCUT2D eigenvalue weighted by Crippen LogP contribution is 2.40. The minimum Gasteiger partial charge on any atom is -0.377 e. The predicted octanol–water partition coefficient (Wildman–Crippen LogP) is 4.02. The maximum atomic E-state index is 6.04. The maximum Gasteiger partial charge on any atom is 0.0765 e. The van der Waals surface area contributed by atoms with Gasteiger partial charge in [-0.2, -0.15) is 0 Å². The molecule has 1 nitrogen and oxygen atoms in total. The zero-order valence-electron chi connectivity index (χ0n) is 7.00. The lowest BCUT2D eigenvalue weighted by Crippen LogP contribution is -2.11. The first kappa shape index (κ1) is 9.97. The highest BCUT2D eigenvalue weighted by Gasteiger charge is 2.27. The normalized spacial score (nSPS) is 24.9. The van der Waals surface area contributed by atoms with Crippen LogP contribution in [0.4, 0.5) is 0 Å². The molecule has 13 heavy (non-hydrogen) atoms. The Morgan fingerprint density at radius 3 is 3.08 bits per heavy atom. The van der Waals surface area contributed by atoms with Gasteiger partial charge in [-0.25, -0.2) is 0 Å². The first-order valence-electron chi connectivity index (χ1n) is 4.27. The highest BCUT2D eigenvalue weighted by atomic mass is 79.9. The molecule has 0 bridgehead atoms. The number of rotatable bonds is 2. The van der Waals surface area contributed by atoms with E-state index in [9.17, 15) is 0 Å². The third kappa shape index (κ3) is 2.09. The molecule has 2 rings (SSSR count). The molecular weight excluding hydrogens is 272 g/mol. The van der Waals surface area contributed by atoms with Crippen LogP contribution in [0.2, 0.25) is 5.02 Å². The molecule has 2 heterocycles. The van der Waals surface area contributed by atoms with E-state index >= 15 is 0 Å². The topological polar surface area (TPSA) is 9.23 Å². The van der Waals surface area contributed by atoms with Gasteiger partial charge in [-0.05, 0) is 24.3 Å². The predicted molar refractivity (Wildman–Crippen MR) is 60.0 cm³/mol. The molecule has 0 saturated carbocycles. The summed E-state index contributed by atoms with van der Waals surface area (Å²) in [6, 6.07) is 1.94. The second-order valence-electron chi connectivity index (χ2n) is 3.09. The largest absolute Gasteiger partial charge is 0.377 e. The molecule has 0 radical (unpaired) electrons. The van der Waals surface area contributed by atoms with Crippen LogP contribution in [0.25, 0.3) is 0 Å². The summed E-state index contributed by atoms with van der Waals surface area (Å²) < 4.78 is 5.59. The lowest BCUT2D eigenvalue weighted by Gasteiger charge is -2.15. The van der Waals surface area contributed by atoms with Crippen LogP contribution in [-0.2, 0) is 4.74 Å². The van der Waals surface area contributed by atoms with Crippen LogP contribution in [0, 0.1) is 0 Å². The molecule has 1 saturated heterocycles. The molecule has 4 heteroatoms. The molecule has 0 spiro atoms. The van der Waals surface area contributed by atoms with E-state index in [0.717, 1.165) is 24.5 Å². The molecule has 1 aliphatic rings. The molecule has 1 aliphatic heterocycles. The molecule has 1 aromatic heterocycles. The van der Waals surface area contributed by atoms with Crippen molar-refractivity contribution in [3.63, 3.8) is 0 Å². The minimum absolute atomic E-state index is 0.266. The molecule has 0 aromatic carbocycles. The van der Waals surface area contributed by atoms with E-state index in [1.807, 2.05) is 11.4 Å². The van der Waals surface area contributed by atoms with Crippen LogP contribution in [-0.4, -0.2) is 12.7 Å². The smallest absolute Gasteiger partial charge is 0.0765 e. The van der Waals surface area contributed by atoms with E-state index in [1.54, 1.807) is 11.3 Å². The first-order chi connectivity index (χ1) is 6.29. The molecule has 2 unspecified atom stereocenters. The van der Waals surface area contributed by atoms with Crippen molar-refractivity contribution in [3.8, 4) is 0 Å². The van der Waals surface area contributed by atoms with Gasteiger partial charge in [0.15, 0.2) is 0 Å². The van der Waals surface area contributed by atoms with E-state index in [1.165, 1.54) is 4.88 Å². The number of ether oxygens (including phenoxy) is 1. The molecule has 2 atom stereocenters. The van der Waals surface area contributed by atoms with Gasteiger partial charge in [0, 0.05) is 11.5 Å². The minimum atomic E-state index is 0.266. The van der Waals surface area contributed by atoms with Gasteiger partial charge < -0.3 is 4.74 Å². The van der Waals surface area contributed by atoms with Crippen molar-refractivity contribution in [1.82, 2.24) is 0 Å². The Labute approximate surface area is 95.2 Å². The summed E-state index contributed by atoms with van der Waals surface area (Å²) in [7, 11) is 0. The fourth-order valence-electron chi connectivity index (χ4n) is 1.50. The van der Waals surface area contributed by atoms with Gasteiger partial charge in [0.2, 0.25) is 0 Å². The molecule has 72 valence electrons. The molecule has 1 fully saturated rings. The summed E-state index contributed by atoms with van der Waals surface area (Å²) in [5, 5.41) is 2.86. The van der Waals surface area contributed by atoms with Gasteiger partial charge in [0.05, 0.1) is 16.0 Å². The van der Waals surface area contributed by atoms with Gasteiger partial charge in [-0.15, -0.1) is 11.3 Å². The lowest BCUT2D eigenvalue weighted by atomic mass is 10.1. The van der Waals surface area contributed by atoms with Gasteiger partial charge in [-0.1, -0.05) is 27.5 Å². The fourth-order valence-corrected chi connectivity index (χ4v) is 3.83. The van der Waals surface area contributed by atoms with Crippen LogP contribution in [0.5, 0.6) is 0 Å². The molecule has 0 aliphatic carbocycles. The maximum absolute atomic E-state index is 6.04. The Bertz CT molecular complexity index is 283. The number of hydrogen-bond acceptors (Lipinski definition) is 2. The van der Waals surface area contributed by atoms with Crippen LogP contribution < -0.4 is 0 Å². The number of hydrogen-bond donors (Lipinski definition) is 0. The van der Waals surface area contributed by atoms with Crippen LogP contribution in [0.3, 0.4) is 0 Å². The summed E-state index contributed by atoms with van der Waals surface area (Å²) in [4.78, 5) is 1.45. The quantitative estimate of drug-likeness (QED) is 0.744. The Morgan fingerprint density at radius 1 is 1.69 bits per heavy atom. The Morgan fingerprint density at radius 2 is 2.54 bits per heavy atom. The average Bonchev–Trinajstić information content (AvgIpc) is 2.72. The zero-order valence-corrected chi connectivity index (χ0v) is 10.2. The Hall–Kier alpha value is 0.430. The Balaban J connectivity index is 2.12. The van der Waals surface area contributed by atoms with Crippen molar-refractivity contribution in [2.24, 2.45) is 0 Å². The summed E-state index contributed by atoms with van der Waals surface area (Å²) in [5.74, 6) is 0. The van der Waals surface area contributed by atoms with E-state index in [4.69, 9.17) is 16.3 Å². The van der Waals surface area contributed by atoms with Crippen molar-refractivity contribution in [2.75, 3.05) is 6.61 Å². The monoisotopic (exact) mass is 280 g/mol. The van der Waals surface area contributed by atoms with E-state index in [2.05, 4.69) is 15.9 Å². The van der Waals surface area contributed by atoms with E-state index in [-0.39, 0.29) is 4.83 Å². The third-order valence-electron chi connectivity index (χ3n) is 2.19. The summed E-state index contributed by atoms with van der Waals surface area (Å²) in [6.45, 7) is 0.885. The summed E-state index contributed by atoms with van der Waals surface area (Å²) in [6.07, 6.45) is 2.59. The van der Waals surface area contributed by atoms with Gasteiger partial charge in [0.25, 0.3) is 0 Å². The van der Waals surface area contributed by atoms with Crippen LogP contribution in [0.15, 0.2) is 11.4 Å². The Kier molecular flexibility index (Phi) is 3.30. The van der Waals surface area contributed by atoms with Crippen molar-refractivity contribution < 1.29 is 4.74 Å². The fraction of sp³-hybridized carbons (Fsp3) is 0.556.